The molecule has 0 nitrogen and oxygen atoms in total. The standard InChI is InChI=1S/C10H20/c1-6-7(2)9-8(3)10(9,4)5/h7-9H,6H2,1-5H3. The van der Waals surface area contributed by atoms with Gasteiger partial charge in [-0.2, -0.15) is 0 Å². The van der Waals surface area contributed by atoms with Crippen molar-refractivity contribution < 1.29 is 0 Å². The SMILES string of the molecule is CCC(C)C1C(C)C1(C)C. The third-order valence-electron chi connectivity index (χ3n) is 3.72. The minimum atomic E-state index is 0.648. The van der Waals surface area contributed by atoms with Crippen LogP contribution in [0.25, 0.3) is 0 Å². The zero-order chi connectivity index (χ0) is 7.94. The van der Waals surface area contributed by atoms with Crippen LogP contribution in [0.3, 0.4) is 0 Å². The van der Waals surface area contributed by atoms with Crippen LogP contribution in [-0.2, 0) is 0 Å². The van der Waals surface area contributed by atoms with E-state index in [1.54, 1.807) is 0 Å². The Kier molecular flexibility index (Phi) is 1.82. The van der Waals surface area contributed by atoms with Crippen molar-refractivity contribution in [2.75, 3.05) is 0 Å². The van der Waals surface area contributed by atoms with Gasteiger partial charge in [0.05, 0.1) is 0 Å². The monoisotopic (exact) mass is 140 g/mol. The molecule has 0 saturated heterocycles. The van der Waals surface area contributed by atoms with Crippen molar-refractivity contribution >= 4 is 0 Å². The lowest BCUT2D eigenvalue weighted by Gasteiger charge is -2.08. The van der Waals surface area contributed by atoms with Gasteiger partial charge >= 0.3 is 0 Å². The van der Waals surface area contributed by atoms with Crippen LogP contribution in [-0.4, -0.2) is 0 Å². The van der Waals surface area contributed by atoms with Crippen molar-refractivity contribution in [1.82, 2.24) is 0 Å². The van der Waals surface area contributed by atoms with Gasteiger partial charge in [-0.1, -0.05) is 41.0 Å². The molecule has 3 unspecified atom stereocenters. The Morgan fingerprint density at radius 3 is 1.90 bits per heavy atom. The minimum absolute atomic E-state index is 0.648. The first kappa shape index (κ1) is 8.10. The van der Waals surface area contributed by atoms with Crippen molar-refractivity contribution in [1.29, 1.82) is 0 Å². The summed E-state index contributed by atoms with van der Waals surface area (Å²) in [4.78, 5) is 0. The van der Waals surface area contributed by atoms with Crippen molar-refractivity contribution in [2.24, 2.45) is 23.2 Å². The molecule has 0 spiro atoms. The number of rotatable bonds is 2. The van der Waals surface area contributed by atoms with Crippen LogP contribution in [0, 0.1) is 23.2 Å². The Labute approximate surface area is 65.0 Å². The zero-order valence-electron chi connectivity index (χ0n) is 7.94. The fourth-order valence-corrected chi connectivity index (χ4v) is 2.42. The molecule has 60 valence electrons. The molecule has 0 aromatic heterocycles. The summed E-state index contributed by atoms with van der Waals surface area (Å²) < 4.78 is 0. The maximum Gasteiger partial charge on any atom is -0.0292 e. The normalized spacial score (nSPS) is 39.3. The molecule has 1 rings (SSSR count). The molecule has 10 heavy (non-hydrogen) atoms. The molecular formula is C10H20. The van der Waals surface area contributed by atoms with Gasteiger partial charge in [-0.15, -0.1) is 0 Å². The lowest BCUT2D eigenvalue weighted by Crippen LogP contribution is -2.00. The minimum Gasteiger partial charge on any atom is -0.0651 e. The summed E-state index contributed by atoms with van der Waals surface area (Å²) in [5.41, 5.74) is 0.648. The van der Waals surface area contributed by atoms with Gasteiger partial charge in [0, 0.05) is 0 Å². The maximum absolute atomic E-state index is 2.40. The molecule has 0 aliphatic heterocycles. The van der Waals surface area contributed by atoms with Crippen molar-refractivity contribution in [2.45, 2.75) is 41.0 Å². The molecule has 1 aliphatic carbocycles. The predicted octanol–water partition coefficient (Wildman–Crippen LogP) is 3.32. The van der Waals surface area contributed by atoms with E-state index in [9.17, 15) is 0 Å². The first-order valence-corrected chi connectivity index (χ1v) is 4.51. The van der Waals surface area contributed by atoms with Gasteiger partial charge < -0.3 is 0 Å². The predicted molar refractivity (Wildman–Crippen MR) is 45.9 cm³/mol. The van der Waals surface area contributed by atoms with Crippen LogP contribution in [0.4, 0.5) is 0 Å². The van der Waals surface area contributed by atoms with Gasteiger partial charge in [-0.25, -0.2) is 0 Å². The second kappa shape index (κ2) is 2.25. The van der Waals surface area contributed by atoms with E-state index >= 15 is 0 Å². The smallest absolute Gasteiger partial charge is 0.0292 e. The number of hydrogen-bond acceptors (Lipinski definition) is 0. The highest BCUT2D eigenvalue weighted by Gasteiger charge is 2.55. The summed E-state index contributed by atoms with van der Waals surface area (Å²) in [7, 11) is 0. The Morgan fingerprint density at radius 1 is 1.40 bits per heavy atom. The Hall–Kier alpha value is 0. The molecule has 0 aromatic rings. The summed E-state index contributed by atoms with van der Waals surface area (Å²) in [5, 5.41) is 0. The van der Waals surface area contributed by atoms with E-state index < -0.39 is 0 Å². The van der Waals surface area contributed by atoms with Gasteiger partial charge in [0.15, 0.2) is 0 Å². The van der Waals surface area contributed by atoms with Gasteiger partial charge in [-0.05, 0) is 23.2 Å². The molecule has 0 N–H and O–H groups in total. The number of hydrogen-bond donors (Lipinski definition) is 0. The molecule has 1 saturated carbocycles. The lowest BCUT2D eigenvalue weighted by atomic mass is 9.97. The molecule has 1 aliphatic rings. The Balaban J connectivity index is 2.48. The van der Waals surface area contributed by atoms with E-state index in [0.29, 0.717) is 5.41 Å². The fraction of sp³-hybridized carbons (Fsp3) is 1.00. The second-order valence-corrected chi connectivity index (χ2v) is 4.52. The summed E-state index contributed by atoms with van der Waals surface area (Å²) in [5.74, 6) is 2.89. The van der Waals surface area contributed by atoms with E-state index in [4.69, 9.17) is 0 Å². The maximum atomic E-state index is 2.40. The Morgan fingerprint density at radius 2 is 1.80 bits per heavy atom. The molecule has 0 heteroatoms. The summed E-state index contributed by atoms with van der Waals surface area (Å²) in [6, 6.07) is 0. The lowest BCUT2D eigenvalue weighted by molar-refractivity contribution is 0.411. The first-order valence-electron chi connectivity index (χ1n) is 4.51. The molecule has 0 radical (unpaired) electrons. The fourth-order valence-electron chi connectivity index (χ4n) is 2.42. The molecule has 0 aromatic carbocycles. The highest BCUT2D eigenvalue weighted by molar-refractivity contribution is 5.03. The van der Waals surface area contributed by atoms with Crippen molar-refractivity contribution in [3.05, 3.63) is 0 Å². The van der Waals surface area contributed by atoms with Crippen LogP contribution < -0.4 is 0 Å². The summed E-state index contributed by atoms with van der Waals surface area (Å²) in [6.45, 7) is 11.9. The molecular weight excluding hydrogens is 120 g/mol. The van der Waals surface area contributed by atoms with E-state index in [-0.39, 0.29) is 0 Å². The van der Waals surface area contributed by atoms with Crippen LogP contribution in [0.2, 0.25) is 0 Å². The van der Waals surface area contributed by atoms with E-state index in [1.807, 2.05) is 0 Å². The molecule has 0 bridgehead atoms. The van der Waals surface area contributed by atoms with E-state index in [2.05, 4.69) is 34.6 Å². The average Bonchev–Trinajstić information content (AvgIpc) is 2.33. The topological polar surface area (TPSA) is 0 Å². The molecule has 0 heterocycles. The summed E-state index contributed by atoms with van der Waals surface area (Å²) >= 11 is 0. The zero-order valence-corrected chi connectivity index (χ0v) is 7.94. The molecule has 0 amide bonds. The van der Waals surface area contributed by atoms with Crippen LogP contribution in [0.5, 0.6) is 0 Å². The average molecular weight is 140 g/mol. The highest BCUT2D eigenvalue weighted by atomic mass is 14.6. The highest BCUT2D eigenvalue weighted by Crippen LogP contribution is 2.61. The van der Waals surface area contributed by atoms with E-state index in [1.165, 1.54) is 6.42 Å². The van der Waals surface area contributed by atoms with Crippen LogP contribution in [0.15, 0.2) is 0 Å². The van der Waals surface area contributed by atoms with Gasteiger partial charge in [0.2, 0.25) is 0 Å². The third-order valence-corrected chi connectivity index (χ3v) is 3.72. The van der Waals surface area contributed by atoms with Crippen LogP contribution in [0.1, 0.15) is 41.0 Å². The van der Waals surface area contributed by atoms with Gasteiger partial charge in [0.25, 0.3) is 0 Å². The Bertz CT molecular complexity index is 124. The second-order valence-electron chi connectivity index (χ2n) is 4.52. The quantitative estimate of drug-likeness (QED) is 0.552. The van der Waals surface area contributed by atoms with Crippen LogP contribution >= 0.6 is 0 Å². The molecule has 3 atom stereocenters. The van der Waals surface area contributed by atoms with Gasteiger partial charge in [-0.3, -0.25) is 0 Å². The molecule has 1 fully saturated rings. The third kappa shape index (κ3) is 0.980. The first-order chi connectivity index (χ1) is 4.51. The van der Waals surface area contributed by atoms with Gasteiger partial charge in [0.1, 0.15) is 0 Å². The largest absolute Gasteiger partial charge is 0.0651 e. The van der Waals surface area contributed by atoms with Crippen molar-refractivity contribution in [3.63, 3.8) is 0 Å². The van der Waals surface area contributed by atoms with E-state index in [0.717, 1.165) is 17.8 Å². The van der Waals surface area contributed by atoms with Crippen molar-refractivity contribution in [3.8, 4) is 0 Å². The summed E-state index contributed by atoms with van der Waals surface area (Å²) in [6.07, 6.45) is 1.35.